The highest BCUT2D eigenvalue weighted by atomic mass is 32.2. The number of thioether (sulfide) groups is 1. The van der Waals surface area contributed by atoms with Gasteiger partial charge in [-0.05, 0) is 19.8 Å². The molecule has 104 valence electrons. The monoisotopic (exact) mass is 282 g/mol. The molecule has 19 heavy (non-hydrogen) atoms. The molecule has 1 saturated carbocycles. The maximum absolute atomic E-state index is 11.4. The molecule has 0 spiro atoms. The number of hydrogen-bond acceptors (Lipinski definition) is 4. The Bertz CT molecular complexity index is 521. The molecular weight excluding hydrogens is 264 g/mol. The Kier molecular flexibility index (Phi) is 4.29. The molecule has 1 N–H and O–H groups in total. The molecule has 0 bridgehead atoms. The average Bonchev–Trinajstić information content (AvgIpc) is 2.37. The number of hydrogen-bond donors (Lipinski definition) is 1. The molecule has 1 aliphatic rings. The van der Waals surface area contributed by atoms with E-state index in [9.17, 15) is 9.59 Å². The largest absolute Gasteiger partial charge is 0.481 e. The van der Waals surface area contributed by atoms with Gasteiger partial charge in [-0.3, -0.25) is 9.59 Å². The van der Waals surface area contributed by atoms with E-state index in [0.717, 1.165) is 37.4 Å². The second-order valence-corrected chi connectivity index (χ2v) is 6.10. The summed E-state index contributed by atoms with van der Waals surface area (Å²) in [4.78, 5) is 26.1. The molecule has 0 saturated heterocycles. The second-order valence-electron chi connectivity index (χ2n) is 5.16. The lowest BCUT2D eigenvalue weighted by molar-refractivity contribution is -0.133. The van der Waals surface area contributed by atoms with Crippen molar-refractivity contribution in [3.8, 4) is 0 Å². The van der Waals surface area contributed by atoms with Crippen LogP contribution in [0.4, 0.5) is 0 Å². The Hall–Kier alpha value is -1.30. The van der Waals surface area contributed by atoms with E-state index in [1.54, 1.807) is 6.20 Å². The van der Waals surface area contributed by atoms with Crippen molar-refractivity contribution in [2.75, 3.05) is 5.75 Å². The van der Waals surface area contributed by atoms with Crippen molar-refractivity contribution >= 4 is 17.7 Å². The van der Waals surface area contributed by atoms with Crippen LogP contribution in [0.25, 0.3) is 0 Å². The molecule has 1 aliphatic carbocycles. The summed E-state index contributed by atoms with van der Waals surface area (Å²) in [6, 6.07) is 1.45. The molecule has 1 fully saturated rings. The number of carboxylic acid groups (broad SMARTS) is 1. The number of nitrogens with zero attached hydrogens (tertiary/aromatic N) is 2. The molecule has 0 aromatic carbocycles. The van der Waals surface area contributed by atoms with Gasteiger partial charge in [0.1, 0.15) is 0 Å². The smallest absolute Gasteiger partial charge is 0.313 e. The summed E-state index contributed by atoms with van der Waals surface area (Å²) in [6.45, 7) is 2.16. The van der Waals surface area contributed by atoms with Crippen molar-refractivity contribution in [1.29, 1.82) is 0 Å². The van der Waals surface area contributed by atoms with Gasteiger partial charge < -0.3 is 9.67 Å². The molecule has 5 nitrogen and oxygen atoms in total. The third-order valence-electron chi connectivity index (χ3n) is 3.62. The average molecular weight is 282 g/mol. The van der Waals surface area contributed by atoms with E-state index < -0.39 is 5.97 Å². The first kappa shape index (κ1) is 14.1. The van der Waals surface area contributed by atoms with Gasteiger partial charge in [-0.15, -0.1) is 0 Å². The molecule has 6 heteroatoms. The van der Waals surface area contributed by atoms with Gasteiger partial charge in [-0.2, -0.15) is 4.98 Å². The maximum Gasteiger partial charge on any atom is 0.313 e. The minimum atomic E-state index is -0.900. The first-order valence-electron chi connectivity index (χ1n) is 6.46. The van der Waals surface area contributed by atoms with E-state index in [0.29, 0.717) is 5.16 Å². The zero-order valence-corrected chi connectivity index (χ0v) is 11.8. The van der Waals surface area contributed by atoms with Crippen molar-refractivity contribution in [2.45, 2.75) is 49.7 Å². The fourth-order valence-electron chi connectivity index (χ4n) is 2.58. The van der Waals surface area contributed by atoms with Gasteiger partial charge in [-0.1, -0.05) is 31.0 Å². The summed E-state index contributed by atoms with van der Waals surface area (Å²) in [5.74, 6) is -0.976. The summed E-state index contributed by atoms with van der Waals surface area (Å²) in [5, 5.41) is 9.29. The summed E-state index contributed by atoms with van der Waals surface area (Å²) < 4.78 is 1.99. The zero-order valence-electron chi connectivity index (χ0n) is 11.0. The fraction of sp³-hybridized carbons (Fsp3) is 0.615. The van der Waals surface area contributed by atoms with Crippen LogP contribution in [-0.4, -0.2) is 26.4 Å². The van der Waals surface area contributed by atoms with Crippen LogP contribution in [0.2, 0.25) is 0 Å². The van der Waals surface area contributed by atoms with Crippen LogP contribution >= 0.6 is 11.8 Å². The lowest BCUT2D eigenvalue weighted by Gasteiger charge is -2.37. The van der Waals surface area contributed by atoms with Crippen LogP contribution in [0.5, 0.6) is 0 Å². The standard InChI is InChI=1S/C13H18N2O3S/c1-13(6-3-2-4-7-13)15-8-5-10(16)14-12(15)19-9-11(17)18/h5,8H,2-4,6-7,9H2,1H3,(H,17,18). The van der Waals surface area contributed by atoms with Crippen LogP contribution < -0.4 is 5.56 Å². The molecule has 0 aliphatic heterocycles. The molecule has 1 heterocycles. The summed E-state index contributed by atoms with van der Waals surface area (Å²) in [6.07, 6.45) is 7.39. The third kappa shape index (κ3) is 3.37. The summed E-state index contributed by atoms with van der Waals surface area (Å²) in [7, 11) is 0. The SMILES string of the molecule is CC1(n2ccc(=O)nc2SCC(=O)O)CCCCC1. The highest BCUT2D eigenvalue weighted by Gasteiger charge is 2.30. The van der Waals surface area contributed by atoms with Crippen molar-refractivity contribution in [3.63, 3.8) is 0 Å². The number of carboxylic acids is 1. The molecule has 0 unspecified atom stereocenters. The molecule has 0 atom stereocenters. The van der Waals surface area contributed by atoms with Gasteiger partial charge in [0, 0.05) is 17.8 Å². The van der Waals surface area contributed by atoms with E-state index >= 15 is 0 Å². The molecule has 1 aromatic heterocycles. The predicted octanol–water partition coefficient (Wildman–Crippen LogP) is 2.10. The van der Waals surface area contributed by atoms with Crippen LogP contribution in [0, 0.1) is 0 Å². The van der Waals surface area contributed by atoms with Crippen molar-refractivity contribution < 1.29 is 9.90 Å². The number of carbonyl (C=O) groups is 1. The van der Waals surface area contributed by atoms with Gasteiger partial charge in [-0.25, -0.2) is 0 Å². The van der Waals surface area contributed by atoms with E-state index in [1.165, 1.54) is 12.5 Å². The zero-order chi connectivity index (χ0) is 13.9. The Morgan fingerprint density at radius 3 is 2.79 bits per heavy atom. The number of rotatable bonds is 4. The van der Waals surface area contributed by atoms with E-state index in [-0.39, 0.29) is 16.9 Å². The van der Waals surface area contributed by atoms with Gasteiger partial charge in [0.05, 0.1) is 5.75 Å². The van der Waals surface area contributed by atoms with Crippen LogP contribution in [0.3, 0.4) is 0 Å². The lowest BCUT2D eigenvalue weighted by Crippen LogP contribution is -2.35. The maximum atomic E-state index is 11.4. The Labute approximate surface area is 116 Å². The fourth-order valence-corrected chi connectivity index (χ4v) is 3.41. The number of aliphatic carboxylic acids is 1. The quantitative estimate of drug-likeness (QED) is 0.676. The lowest BCUT2D eigenvalue weighted by atomic mass is 9.83. The van der Waals surface area contributed by atoms with Gasteiger partial charge >= 0.3 is 5.97 Å². The van der Waals surface area contributed by atoms with E-state index in [2.05, 4.69) is 11.9 Å². The van der Waals surface area contributed by atoms with Crippen molar-refractivity contribution in [2.24, 2.45) is 0 Å². The van der Waals surface area contributed by atoms with E-state index in [4.69, 9.17) is 5.11 Å². The highest BCUT2D eigenvalue weighted by Crippen LogP contribution is 2.36. The minimum absolute atomic E-state index is 0.0558. The Balaban J connectivity index is 2.32. The molecule has 0 radical (unpaired) electrons. The van der Waals surface area contributed by atoms with Crippen LogP contribution in [0.1, 0.15) is 39.0 Å². The minimum Gasteiger partial charge on any atom is -0.481 e. The van der Waals surface area contributed by atoms with Gasteiger partial charge in [0.2, 0.25) is 0 Å². The first-order valence-corrected chi connectivity index (χ1v) is 7.45. The van der Waals surface area contributed by atoms with Crippen molar-refractivity contribution in [3.05, 3.63) is 22.6 Å². The van der Waals surface area contributed by atoms with Crippen molar-refractivity contribution in [1.82, 2.24) is 9.55 Å². The predicted molar refractivity (Wildman–Crippen MR) is 73.6 cm³/mol. The van der Waals surface area contributed by atoms with Gasteiger partial charge in [0.25, 0.3) is 5.56 Å². The third-order valence-corrected chi connectivity index (χ3v) is 4.55. The Morgan fingerprint density at radius 2 is 2.16 bits per heavy atom. The first-order chi connectivity index (χ1) is 9.01. The highest BCUT2D eigenvalue weighted by molar-refractivity contribution is 7.99. The summed E-state index contributed by atoms with van der Waals surface area (Å²) >= 11 is 1.11. The van der Waals surface area contributed by atoms with Gasteiger partial charge in [0.15, 0.2) is 5.16 Å². The molecule has 2 rings (SSSR count). The molecular formula is C13H18N2O3S. The normalized spacial score (nSPS) is 18.2. The number of aromatic nitrogens is 2. The molecule has 0 amide bonds. The van der Waals surface area contributed by atoms with E-state index in [1.807, 2.05) is 4.57 Å². The summed E-state index contributed by atoms with van der Waals surface area (Å²) in [5.41, 5.74) is -0.372. The van der Waals surface area contributed by atoms with Crippen LogP contribution in [0.15, 0.2) is 22.2 Å². The Morgan fingerprint density at radius 1 is 1.47 bits per heavy atom. The second kappa shape index (κ2) is 5.77. The molecule has 1 aromatic rings. The van der Waals surface area contributed by atoms with Crippen LogP contribution in [-0.2, 0) is 10.3 Å². The topological polar surface area (TPSA) is 72.2 Å².